The van der Waals surface area contributed by atoms with Crippen molar-refractivity contribution < 1.29 is 9.59 Å². The Morgan fingerprint density at radius 3 is 2.70 bits per heavy atom. The molecule has 20 heavy (non-hydrogen) atoms. The molecule has 0 radical (unpaired) electrons. The van der Waals surface area contributed by atoms with Crippen LogP contribution in [0.4, 0.5) is 0 Å². The van der Waals surface area contributed by atoms with E-state index in [1.807, 2.05) is 20.0 Å². The van der Waals surface area contributed by atoms with Gasteiger partial charge in [-0.25, -0.2) is 0 Å². The van der Waals surface area contributed by atoms with Gasteiger partial charge in [-0.15, -0.1) is 5.10 Å². The molecule has 1 atom stereocenters. The fraction of sp³-hybridized carbons (Fsp3) is 0.733. The van der Waals surface area contributed by atoms with Gasteiger partial charge in [-0.3, -0.25) is 9.48 Å². The summed E-state index contributed by atoms with van der Waals surface area (Å²) in [6.45, 7) is 6.39. The molecule has 0 aliphatic carbocycles. The first-order valence-electron chi connectivity index (χ1n) is 7.44. The molecule has 1 aromatic heterocycles. The van der Waals surface area contributed by atoms with Crippen LogP contribution in [0.1, 0.15) is 58.6 Å². The molecule has 1 unspecified atom stereocenters. The van der Waals surface area contributed by atoms with Crippen molar-refractivity contribution in [3.63, 3.8) is 0 Å². The molecule has 0 spiro atoms. The van der Waals surface area contributed by atoms with Gasteiger partial charge in [0.05, 0.1) is 5.69 Å². The Kier molecular flexibility index (Phi) is 7.12. The molecule has 1 heterocycles. The van der Waals surface area contributed by atoms with Gasteiger partial charge in [0.1, 0.15) is 11.6 Å². The average Bonchev–Trinajstić information content (AvgIpc) is 2.88. The largest absolute Gasteiger partial charge is 0.300 e. The molecule has 0 saturated heterocycles. The molecule has 112 valence electrons. The first-order chi connectivity index (χ1) is 9.52. The SMILES string of the molecule is CCC(C)C(=O)CCCCn1cc(CCC(C)=O)nn1. The Hall–Kier alpha value is -1.52. The maximum absolute atomic E-state index is 11.7. The Bertz CT molecular complexity index is 440. The molecule has 1 rings (SSSR count). The number of nitrogens with zero attached hydrogens (tertiary/aromatic N) is 3. The summed E-state index contributed by atoms with van der Waals surface area (Å²) in [4.78, 5) is 22.6. The smallest absolute Gasteiger partial charge is 0.135 e. The van der Waals surface area contributed by atoms with E-state index in [2.05, 4.69) is 10.3 Å². The average molecular weight is 279 g/mol. The third-order valence-corrected chi connectivity index (χ3v) is 3.54. The van der Waals surface area contributed by atoms with Crippen molar-refractivity contribution in [1.82, 2.24) is 15.0 Å². The molecule has 0 amide bonds. The predicted octanol–water partition coefficient (Wildman–Crippen LogP) is 2.59. The lowest BCUT2D eigenvalue weighted by Crippen LogP contribution is -2.09. The van der Waals surface area contributed by atoms with Crippen molar-refractivity contribution in [3.05, 3.63) is 11.9 Å². The minimum atomic E-state index is 0.170. The Balaban J connectivity index is 2.22. The van der Waals surface area contributed by atoms with Gasteiger partial charge in [0.2, 0.25) is 0 Å². The summed E-state index contributed by atoms with van der Waals surface area (Å²) in [5, 5.41) is 8.07. The summed E-state index contributed by atoms with van der Waals surface area (Å²) >= 11 is 0. The summed E-state index contributed by atoms with van der Waals surface area (Å²) in [7, 11) is 0. The van der Waals surface area contributed by atoms with Gasteiger partial charge in [0, 0.05) is 31.5 Å². The van der Waals surface area contributed by atoms with Gasteiger partial charge in [-0.05, 0) is 32.6 Å². The van der Waals surface area contributed by atoms with Crippen molar-refractivity contribution in [3.8, 4) is 0 Å². The number of carbonyl (C=O) groups is 2. The van der Waals surface area contributed by atoms with Gasteiger partial charge >= 0.3 is 0 Å². The predicted molar refractivity (Wildman–Crippen MR) is 77.3 cm³/mol. The molecule has 0 saturated carbocycles. The van der Waals surface area contributed by atoms with Gasteiger partial charge in [-0.2, -0.15) is 0 Å². The third-order valence-electron chi connectivity index (χ3n) is 3.54. The first-order valence-corrected chi connectivity index (χ1v) is 7.44. The molecule has 0 bridgehead atoms. The van der Waals surface area contributed by atoms with Crippen molar-refractivity contribution in [2.45, 2.75) is 65.8 Å². The fourth-order valence-electron chi connectivity index (χ4n) is 1.91. The number of hydrogen-bond acceptors (Lipinski definition) is 4. The zero-order valence-electron chi connectivity index (χ0n) is 12.8. The van der Waals surface area contributed by atoms with Crippen molar-refractivity contribution in [1.29, 1.82) is 0 Å². The fourth-order valence-corrected chi connectivity index (χ4v) is 1.91. The Morgan fingerprint density at radius 1 is 1.30 bits per heavy atom. The van der Waals surface area contributed by atoms with Crippen LogP contribution in [0, 0.1) is 5.92 Å². The molecule has 0 N–H and O–H groups in total. The summed E-state index contributed by atoms with van der Waals surface area (Å²) in [5.74, 6) is 0.705. The maximum Gasteiger partial charge on any atom is 0.135 e. The molecule has 5 nitrogen and oxygen atoms in total. The highest BCUT2D eigenvalue weighted by molar-refractivity contribution is 5.80. The molecular formula is C15H25N3O2. The number of Topliss-reactive ketones (excluding diaryl/α,β-unsaturated/α-hetero) is 2. The number of hydrogen-bond donors (Lipinski definition) is 0. The number of unbranched alkanes of at least 4 members (excludes halogenated alkanes) is 1. The molecule has 0 aromatic carbocycles. The van der Waals surface area contributed by atoms with Gasteiger partial charge in [-0.1, -0.05) is 19.1 Å². The number of aryl methyl sites for hydroxylation is 2. The third kappa shape index (κ3) is 6.08. The summed E-state index contributed by atoms with van der Waals surface area (Å²) in [6, 6.07) is 0. The van der Waals surface area contributed by atoms with Crippen LogP contribution in [-0.4, -0.2) is 26.6 Å². The summed E-state index contributed by atoms with van der Waals surface area (Å²) < 4.78 is 1.79. The normalized spacial score (nSPS) is 12.3. The minimum absolute atomic E-state index is 0.170. The van der Waals surface area contributed by atoms with E-state index in [0.29, 0.717) is 25.0 Å². The van der Waals surface area contributed by atoms with Crippen LogP contribution in [0.5, 0.6) is 0 Å². The van der Waals surface area contributed by atoms with E-state index < -0.39 is 0 Å². The van der Waals surface area contributed by atoms with Crippen molar-refractivity contribution in [2.24, 2.45) is 5.92 Å². The molecule has 0 aliphatic heterocycles. The second kappa shape index (κ2) is 8.61. The van der Waals surface area contributed by atoms with Crippen LogP contribution in [0.25, 0.3) is 0 Å². The van der Waals surface area contributed by atoms with Gasteiger partial charge in [0.25, 0.3) is 0 Å². The van der Waals surface area contributed by atoms with Crippen molar-refractivity contribution in [2.75, 3.05) is 0 Å². The van der Waals surface area contributed by atoms with E-state index >= 15 is 0 Å². The van der Waals surface area contributed by atoms with E-state index in [4.69, 9.17) is 0 Å². The highest BCUT2D eigenvalue weighted by Crippen LogP contribution is 2.09. The van der Waals surface area contributed by atoms with Crippen LogP contribution in [-0.2, 0) is 22.6 Å². The highest BCUT2D eigenvalue weighted by Gasteiger charge is 2.09. The van der Waals surface area contributed by atoms with E-state index in [0.717, 1.165) is 31.5 Å². The number of aromatic nitrogens is 3. The molecule has 1 aromatic rings. The van der Waals surface area contributed by atoms with Crippen LogP contribution in [0.3, 0.4) is 0 Å². The van der Waals surface area contributed by atoms with E-state index in [9.17, 15) is 9.59 Å². The molecule has 0 fully saturated rings. The second-order valence-electron chi connectivity index (χ2n) is 5.41. The zero-order chi connectivity index (χ0) is 15.0. The van der Waals surface area contributed by atoms with Crippen LogP contribution in [0.2, 0.25) is 0 Å². The Labute approximate surface area is 120 Å². The lowest BCUT2D eigenvalue weighted by molar-refractivity contribution is -0.122. The quantitative estimate of drug-likeness (QED) is 0.617. The molecular weight excluding hydrogens is 254 g/mol. The van der Waals surface area contributed by atoms with Gasteiger partial charge < -0.3 is 4.79 Å². The summed E-state index contributed by atoms with van der Waals surface area (Å²) in [5.41, 5.74) is 0.857. The van der Waals surface area contributed by atoms with Crippen LogP contribution in [0.15, 0.2) is 6.20 Å². The second-order valence-corrected chi connectivity index (χ2v) is 5.41. The first kappa shape index (κ1) is 16.5. The van der Waals surface area contributed by atoms with E-state index in [1.54, 1.807) is 11.6 Å². The lowest BCUT2D eigenvalue weighted by Gasteiger charge is -2.06. The maximum atomic E-state index is 11.7. The molecule has 0 aliphatic rings. The minimum Gasteiger partial charge on any atom is -0.300 e. The lowest BCUT2D eigenvalue weighted by atomic mass is 9.99. The number of ketones is 2. The number of rotatable bonds is 10. The highest BCUT2D eigenvalue weighted by atomic mass is 16.1. The molecule has 5 heteroatoms. The van der Waals surface area contributed by atoms with Crippen molar-refractivity contribution >= 4 is 11.6 Å². The monoisotopic (exact) mass is 279 g/mol. The van der Waals surface area contributed by atoms with Gasteiger partial charge in [0.15, 0.2) is 0 Å². The van der Waals surface area contributed by atoms with Crippen LogP contribution >= 0.6 is 0 Å². The number of carbonyl (C=O) groups excluding carboxylic acids is 2. The van der Waals surface area contributed by atoms with E-state index in [-0.39, 0.29) is 11.7 Å². The van der Waals surface area contributed by atoms with E-state index in [1.165, 1.54) is 0 Å². The Morgan fingerprint density at radius 2 is 2.05 bits per heavy atom. The van der Waals surface area contributed by atoms with Crippen LogP contribution < -0.4 is 0 Å². The zero-order valence-corrected chi connectivity index (χ0v) is 12.8. The summed E-state index contributed by atoms with van der Waals surface area (Å²) in [6.07, 6.45) is 6.45. The standard InChI is InChI=1S/C15H25N3O2/c1-4-12(2)15(20)7-5-6-10-18-11-14(16-17-18)9-8-13(3)19/h11-12H,4-10H2,1-3H3. The topological polar surface area (TPSA) is 64.8 Å².